The number of amides is 2. The standard InChI is InChI=1S/C13H15N3O/c1-11-3-5-12(6-4-11)7-10-16-13(17)15-9-2-8-14/h3-7,10H,2,9H2,1H3,(H2,15,16,17)/b10-7+. The minimum atomic E-state index is -0.302. The van der Waals surface area contributed by atoms with Crippen LogP contribution in [0.2, 0.25) is 0 Å². The Labute approximate surface area is 101 Å². The van der Waals surface area contributed by atoms with Crippen molar-refractivity contribution in [1.29, 1.82) is 5.26 Å². The second-order valence-corrected chi connectivity index (χ2v) is 3.55. The van der Waals surface area contributed by atoms with Gasteiger partial charge in [-0.05, 0) is 18.6 Å². The van der Waals surface area contributed by atoms with Crippen LogP contribution in [0.3, 0.4) is 0 Å². The monoisotopic (exact) mass is 229 g/mol. The Balaban J connectivity index is 2.32. The molecule has 0 fully saturated rings. The number of urea groups is 1. The number of nitriles is 1. The van der Waals surface area contributed by atoms with Crippen molar-refractivity contribution in [3.8, 4) is 6.07 Å². The molecule has 0 aliphatic carbocycles. The second kappa shape index (κ2) is 7.07. The first kappa shape index (κ1) is 12.8. The van der Waals surface area contributed by atoms with Gasteiger partial charge in [0.1, 0.15) is 0 Å². The molecule has 17 heavy (non-hydrogen) atoms. The molecule has 0 saturated heterocycles. The molecule has 0 bridgehead atoms. The van der Waals surface area contributed by atoms with Gasteiger partial charge in [-0.3, -0.25) is 0 Å². The zero-order valence-electron chi connectivity index (χ0n) is 9.73. The smallest absolute Gasteiger partial charge is 0.318 e. The largest absolute Gasteiger partial charge is 0.337 e. The SMILES string of the molecule is Cc1ccc(/C=C/NC(=O)NCCC#N)cc1. The van der Waals surface area contributed by atoms with Crippen molar-refractivity contribution in [2.24, 2.45) is 0 Å². The maximum absolute atomic E-state index is 11.2. The number of benzene rings is 1. The van der Waals surface area contributed by atoms with E-state index >= 15 is 0 Å². The van der Waals surface area contributed by atoms with Gasteiger partial charge in [-0.2, -0.15) is 5.26 Å². The lowest BCUT2D eigenvalue weighted by Gasteiger charge is -2.01. The van der Waals surface area contributed by atoms with Crippen LogP contribution in [0.15, 0.2) is 30.5 Å². The number of aryl methyl sites for hydroxylation is 1. The summed E-state index contributed by atoms with van der Waals surface area (Å²) >= 11 is 0. The lowest BCUT2D eigenvalue weighted by atomic mass is 10.1. The molecule has 0 atom stereocenters. The van der Waals surface area contributed by atoms with E-state index in [1.54, 1.807) is 6.20 Å². The molecule has 0 spiro atoms. The van der Waals surface area contributed by atoms with Crippen LogP contribution in [0.1, 0.15) is 17.5 Å². The number of hydrogen-bond donors (Lipinski definition) is 2. The molecular formula is C13H15N3O. The molecule has 88 valence electrons. The maximum Gasteiger partial charge on any atom is 0.318 e. The molecule has 4 nitrogen and oxygen atoms in total. The molecule has 0 aliphatic heterocycles. The summed E-state index contributed by atoms with van der Waals surface area (Å²) in [7, 11) is 0. The van der Waals surface area contributed by atoms with Crippen LogP contribution in [0.4, 0.5) is 4.79 Å². The van der Waals surface area contributed by atoms with Crippen LogP contribution in [0.5, 0.6) is 0 Å². The average Bonchev–Trinajstić information content (AvgIpc) is 2.32. The molecule has 0 aliphatic rings. The number of hydrogen-bond acceptors (Lipinski definition) is 2. The highest BCUT2D eigenvalue weighted by Gasteiger charge is 1.94. The van der Waals surface area contributed by atoms with Crippen molar-refractivity contribution in [1.82, 2.24) is 10.6 Å². The van der Waals surface area contributed by atoms with E-state index in [9.17, 15) is 4.79 Å². The van der Waals surface area contributed by atoms with E-state index < -0.39 is 0 Å². The van der Waals surface area contributed by atoms with Gasteiger partial charge in [0, 0.05) is 12.7 Å². The zero-order valence-corrected chi connectivity index (χ0v) is 9.73. The van der Waals surface area contributed by atoms with Gasteiger partial charge >= 0.3 is 6.03 Å². The van der Waals surface area contributed by atoms with Crippen LogP contribution in [-0.4, -0.2) is 12.6 Å². The summed E-state index contributed by atoms with van der Waals surface area (Å²) in [6.07, 6.45) is 3.70. The maximum atomic E-state index is 11.2. The summed E-state index contributed by atoms with van der Waals surface area (Å²) in [6.45, 7) is 2.38. The topological polar surface area (TPSA) is 64.9 Å². The second-order valence-electron chi connectivity index (χ2n) is 3.55. The summed E-state index contributed by atoms with van der Waals surface area (Å²) in [6, 6.07) is 9.61. The highest BCUT2D eigenvalue weighted by Crippen LogP contribution is 2.03. The molecule has 1 aromatic carbocycles. The van der Waals surface area contributed by atoms with Gasteiger partial charge in [0.05, 0.1) is 12.5 Å². The molecule has 0 aromatic heterocycles. The Morgan fingerprint density at radius 3 is 2.76 bits per heavy atom. The van der Waals surface area contributed by atoms with E-state index in [1.165, 1.54) is 5.56 Å². The van der Waals surface area contributed by atoms with Gasteiger partial charge in [-0.1, -0.05) is 29.8 Å². The van der Waals surface area contributed by atoms with Crippen LogP contribution in [0, 0.1) is 18.3 Å². The number of rotatable bonds is 4. The lowest BCUT2D eigenvalue weighted by Crippen LogP contribution is -2.32. The van der Waals surface area contributed by atoms with Gasteiger partial charge in [0.25, 0.3) is 0 Å². The van der Waals surface area contributed by atoms with Gasteiger partial charge in [-0.15, -0.1) is 0 Å². The fraction of sp³-hybridized carbons (Fsp3) is 0.231. The number of nitrogens with one attached hydrogen (secondary N) is 2. The lowest BCUT2D eigenvalue weighted by molar-refractivity contribution is 0.244. The first-order chi connectivity index (χ1) is 8.22. The molecule has 1 aromatic rings. The van der Waals surface area contributed by atoms with Crippen molar-refractivity contribution in [3.05, 3.63) is 41.6 Å². The normalized spacial score (nSPS) is 9.88. The summed E-state index contributed by atoms with van der Waals surface area (Å²) in [5.74, 6) is 0. The summed E-state index contributed by atoms with van der Waals surface area (Å²) < 4.78 is 0. The summed E-state index contributed by atoms with van der Waals surface area (Å²) in [5, 5.41) is 13.4. The Kier molecular flexibility index (Phi) is 5.32. The third-order valence-corrected chi connectivity index (χ3v) is 2.09. The van der Waals surface area contributed by atoms with Crippen LogP contribution < -0.4 is 10.6 Å². The molecule has 0 heterocycles. The average molecular weight is 229 g/mol. The predicted molar refractivity (Wildman–Crippen MR) is 67.0 cm³/mol. The van der Waals surface area contributed by atoms with Crippen LogP contribution >= 0.6 is 0 Å². The molecule has 0 saturated carbocycles. The van der Waals surface area contributed by atoms with Crippen LogP contribution in [-0.2, 0) is 0 Å². The van der Waals surface area contributed by atoms with Crippen molar-refractivity contribution in [2.75, 3.05) is 6.54 Å². The third-order valence-electron chi connectivity index (χ3n) is 2.09. The molecule has 2 amide bonds. The Hall–Kier alpha value is -2.28. The van der Waals surface area contributed by atoms with E-state index in [0.717, 1.165) is 5.56 Å². The third kappa shape index (κ3) is 5.38. The summed E-state index contributed by atoms with van der Waals surface area (Å²) in [5.41, 5.74) is 2.22. The Morgan fingerprint density at radius 2 is 2.12 bits per heavy atom. The van der Waals surface area contributed by atoms with Gasteiger partial charge in [-0.25, -0.2) is 4.79 Å². The molecule has 2 N–H and O–H groups in total. The number of nitrogens with zero attached hydrogens (tertiary/aromatic N) is 1. The quantitative estimate of drug-likeness (QED) is 0.777. The fourth-order valence-corrected chi connectivity index (χ4v) is 1.17. The van der Waals surface area contributed by atoms with Gasteiger partial charge < -0.3 is 10.6 Å². The Morgan fingerprint density at radius 1 is 1.41 bits per heavy atom. The van der Waals surface area contributed by atoms with E-state index in [1.807, 2.05) is 43.3 Å². The minimum absolute atomic E-state index is 0.302. The highest BCUT2D eigenvalue weighted by molar-refractivity contribution is 5.75. The fourth-order valence-electron chi connectivity index (χ4n) is 1.17. The van der Waals surface area contributed by atoms with Crippen molar-refractivity contribution in [2.45, 2.75) is 13.3 Å². The van der Waals surface area contributed by atoms with E-state index in [4.69, 9.17) is 5.26 Å². The van der Waals surface area contributed by atoms with E-state index in [0.29, 0.717) is 13.0 Å². The highest BCUT2D eigenvalue weighted by atomic mass is 16.2. The van der Waals surface area contributed by atoms with Crippen molar-refractivity contribution >= 4 is 12.1 Å². The number of carbonyl (C=O) groups is 1. The minimum Gasteiger partial charge on any atom is -0.337 e. The van der Waals surface area contributed by atoms with Gasteiger partial charge in [0.2, 0.25) is 0 Å². The Bertz CT molecular complexity index is 429. The molecule has 0 radical (unpaired) electrons. The molecule has 1 rings (SSSR count). The van der Waals surface area contributed by atoms with Crippen molar-refractivity contribution in [3.63, 3.8) is 0 Å². The molecule has 0 unspecified atom stereocenters. The van der Waals surface area contributed by atoms with E-state index in [2.05, 4.69) is 10.6 Å². The van der Waals surface area contributed by atoms with E-state index in [-0.39, 0.29) is 6.03 Å². The summed E-state index contributed by atoms with van der Waals surface area (Å²) in [4.78, 5) is 11.2. The zero-order chi connectivity index (χ0) is 12.5. The number of carbonyl (C=O) groups excluding carboxylic acids is 1. The first-order valence-electron chi connectivity index (χ1n) is 5.37. The van der Waals surface area contributed by atoms with Gasteiger partial charge in [0.15, 0.2) is 0 Å². The molecular weight excluding hydrogens is 214 g/mol. The molecule has 4 heteroatoms. The van der Waals surface area contributed by atoms with Crippen LogP contribution in [0.25, 0.3) is 6.08 Å². The first-order valence-corrected chi connectivity index (χ1v) is 5.37. The predicted octanol–water partition coefficient (Wildman–Crippen LogP) is 2.18. The van der Waals surface area contributed by atoms with Crippen molar-refractivity contribution < 1.29 is 4.79 Å².